The number of allylic oxidation sites excluding steroid dienone is 2. The van der Waals surface area contributed by atoms with Gasteiger partial charge in [-0.2, -0.15) is 0 Å². The number of hydrogen-bond acceptors (Lipinski definition) is 2. The number of hydrogen-bond donors (Lipinski definition) is 1. The molecule has 112 valence electrons. The predicted octanol–water partition coefficient (Wildman–Crippen LogP) is 2.64. The quantitative estimate of drug-likeness (QED) is 0.552. The van der Waals surface area contributed by atoms with Crippen molar-refractivity contribution in [3.63, 3.8) is 0 Å². The van der Waals surface area contributed by atoms with Gasteiger partial charge < -0.3 is 5.11 Å². The number of halogens is 1. The van der Waals surface area contributed by atoms with Crippen LogP contribution in [0.15, 0.2) is 12.2 Å². The molecule has 5 saturated carbocycles. The fourth-order valence-electron chi connectivity index (χ4n) is 8.06. The third kappa shape index (κ3) is 1.07. The summed E-state index contributed by atoms with van der Waals surface area (Å²) in [6.07, 6.45) is 9.01. The van der Waals surface area contributed by atoms with Gasteiger partial charge in [0.25, 0.3) is 0 Å². The molecule has 0 amide bonds. The van der Waals surface area contributed by atoms with Gasteiger partial charge in [0.2, 0.25) is 0 Å². The third-order valence-electron chi connectivity index (χ3n) is 8.31. The number of rotatable bonds is 0. The number of alkyl halides is 1. The Balaban J connectivity index is 1.58. The van der Waals surface area contributed by atoms with E-state index in [1.165, 1.54) is 0 Å². The molecule has 6 bridgehead atoms. The van der Waals surface area contributed by atoms with Crippen LogP contribution in [0.4, 0.5) is 0 Å². The van der Waals surface area contributed by atoms with Crippen molar-refractivity contribution in [3.8, 4) is 0 Å². The first kappa shape index (κ1) is 12.1. The SMILES string of the molecule is O=C1[C@@H]2[C@H]3CC[C@H]4[C@H](Cl)[C@@H]2[C@](O)([C@@H]34)[C@@H]2[C@@H]1C[C@@H]1C=C[C@H]2C1. The lowest BCUT2D eigenvalue weighted by atomic mass is 9.55. The fourth-order valence-corrected chi connectivity index (χ4v) is 8.70. The van der Waals surface area contributed by atoms with Gasteiger partial charge in [-0.05, 0) is 55.3 Å². The van der Waals surface area contributed by atoms with E-state index in [0.717, 1.165) is 25.7 Å². The Bertz CT molecular complexity index is 586. The van der Waals surface area contributed by atoms with Crippen molar-refractivity contribution in [2.24, 2.45) is 53.3 Å². The molecule has 1 N–H and O–H groups in total. The molecule has 0 saturated heterocycles. The zero-order chi connectivity index (χ0) is 14.1. The Morgan fingerprint density at radius 3 is 2.76 bits per heavy atom. The first-order valence-corrected chi connectivity index (χ1v) is 9.14. The van der Waals surface area contributed by atoms with Crippen LogP contribution in [-0.2, 0) is 4.79 Å². The molecule has 5 fully saturated rings. The molecular formula is C18H21ClO2. The van der Waals surface area contributed by atoms with E-state index in [0.29, 0.717) is 35.4 Å². The van der Waals surface area contributed by atoms with E-state index in [4.69, 9.17) is 11.6 Å². The standard InChI is InChI=1S/C18H21ClO2/c19-16-10-4-3-9-12-15(16)18(21,14(9)10)13-8-2-1-7(5-8)6-11(13)17(12)20/h1-2,7-16,21H,3-6H2/t7-,8+,9-,10-,11+,12-,13+,14+,15-,16+,18-/m1/s1. The molecule has 0 aromatic heterocycles. The number of carbonyl (C=O) groups excluding carboxylic acids is 1. The van der Waals surface area contributed by atoms with Crippen molar-refractivity contribution in [3.05, 3.63) is 12.2 Å². The topological polar surface area (TPSA) is 37.3 Å². The van der Waals surface area contributed by atoms with Crippen molar-refractivity contribution < 1.29 is 9.90 Å². The molecule has 0 heterocycles. The largest absolute Gasteiger partial charge is 0.389 e. The third-order valence-corrected chi connectivity index (χ3v) is 8.90. The summed E-state index contributed by atoms with van der Waals surface area (Å²) in [7, 11) is 0. The molecule has 6 aliphatic rings. The van der Waals surface area contributed by atoms with Gasteiger partial charge in [-0.15, -0.1) is 11.6 Å². The molecular weight excluding hydrogens is 284 g/mol. The minimum absolute atomic E-state index is 0.0387. The highest BCUT2D eigenvalue weighted by Crippen LogP contribution is 2.75. The van der Waals surface area contributed by atoms with Gasteiger partial charge in [-0.1, -0.05) is 12.2 Å². The van der Waals surface area contributed by atoms with Crippen molar-refractivity contribution in [2.75, 3.05) is 0 Å². The summed E-state index contributed by atoms with van der Waals surface area (Å²) in [5.74, 6) is 3.14. The number of fused-ring (bicyclic) bond motifs is 5. The van der Waals surface area contributed by atoms with Crippen LogP contribution in [0.3, 0.4) is 0 Å². The van der Waals surface area contributed by atoms with Crippen molar-refractivity contribution >= 4 is 17.4 Å². The van der Waals surface area contributed by atoms with Crippen LogP contribution in [0.2, 0.25) is 0 Å². The fraction of sp³-hybridized carbons (Fsp3) is 0.833. The maximum Gasteiger partial charge on any atom is 0.140 e. The minimum atomic E-state index is -0.633. The molecule has 0 aromatic rings. The summed E-state index contributed by atoms with van der Waals surface area (Å²) in [5.41, 5.74) is -0.633. The Morgan fingerprint density at radius 2 is 1.90 bits per heavy atom. The maximum absolute atomic E-state index is 13.2. The van der Waals surface area contributed by atoms with Crippen LogP contribution in [0, 0.1) is 53.3 Å². The number of aliphatic hydroxyl groups is 1. The van der Waals surface area contributed by atoms with Crippen LogP contribution in [0.5, 0.6) is 0 Å². The Hall–Kier alpha value is -0.340. The number of ketones is 1. The van der Waals surface area contributed by atoms with Gasteiger partial charge in [0.15, 0.2) is 0 Å². The van der Waals surface area contributed by atoms with Gasteiger partial charge in [-0.3, -0.25) is 4.79 Å². The highest BCUT2D eigenvalue weighted by atomic mass is 35.5. The van der Waals surface area contributed by atoms with Gasteiger partial charge in [0.05, 0.1) is 5.60 Å². The second-order valence-corrected chi connectivity index (χ2v) is 9.13. The van der Waals surface area contributed by atoms with Gasteiger partial charge in [0, 0.05) is 29.0 Å². The van der Waals surface area contributed by atoms with Crippen LogP contribution in [0.25, 0.3) is 0 Å². The minimum Gasteiger partial charge on any atom is -0.389 e. The summed E-state index contributed by atoms with van der Waals surface area (Å²) in [4.78, 5) is 13.2. The predicted molar refractivity (Wildman–Crippen MR) is 78.6 cm³/mol. The van der Waals surface area contributed by atoms with E-state index in [9.17, 15) is 9.90 Å². The van der Waals surface area contributed by atoms with E-state index >= 15 is 0 Å². The maximum atomic E-state index is 13.2. The summed E-state index contributed by atoms with van der Waals surface area (Å²) >= 11 is 6.76. The Kier molecular flexibility index (Phi) is 1.98. The molecule has 0 aliphatic heterocycles. The van der Waals surface area contributed by atoms with Crippen LogP contribution >= 0.6 is 11.6 Å². The Labute approximate surface area is 129 Å². The van der Waals surface area contributed by atoms with Crippen LogP contribution < -0.4 is 0 Å². The zero-order valence-corrected chi connectivity index (χ0v) is 12.7. The number of Topliss-reactive ketones (excluding diaryl/α,β-unsaturated/α-hetero) is 1. The second-order valence-electron chi connectivity index (χ2n) is 8.63. The molecule has 0 aromatic carbocycles. The summed E-state index contributed by atoms with van der Waals surface area (Å²) in [6, 6.07) is 0. The summed E-state index contributed by atoms with van der Waals surface area (Å²) in [6.45, 7) is 0. The highest BCUT2D eigenvalue weighted by Gasteiger charge is 2.80. The Morgan fingerprint density at radius 1 is 1.10 bits per heavy atom. The first-order valence-electron chi connectivity index (χ1n) is 8.71. The molecule has 0 spiro atoms. The van der Waals surface area contributed by atoms with E-state index in [-0.39, 0.29) is 29.0 Å². The molecule has 3 heteroatoms. The van der Waals surface area contributed by atoms with Crippen molar-refractivity contribution in [1.82, 2.24) is 0 Å². The molecule has 0 radical (unpaired) electrons. The normalized spacial score (nSPS) is 68.8. The van der Waals surface area contributed by atoms with Crippen LogP contribution in [-0.4, -0.2) is 21.9 Å². The van der Waals surface area contributed by atoms with Gasteiger partial charge >= 0.3 is 0 Å². The molecule has 0 unspecified atom stereocenters. The van der Waals surface area contributed by atoms with E-state index < -0.39 is 5.60 Å². The van der Waals surface area contributed by atoms with Crippen molar-refractivity contribution in [2.45, 2.75) is 36.7 Å². The molecule has 6 aliphatic carbocycles. The first-order chi connectivity index (χ1) is 10.1. The molecule has 11 atom stereocenters. The summed E-state index contributed by atoms with van der Waals surface area (Å²) in [5, 5.41) is 11.9. The van der Waals surface area contributed by atoms with Gasteiger partial charge in [-0.25, -0.2) is 0 Å². The number of carbonyl (C=O) groups is 1. The monoisotopic (exact) mass is 304 g/mol. The lowest BCUT2D eigenvalue weighted by Gasteiger charge is -2.51. The lowest BCUT2D eigenvalue weighted by Crippen LogP contribution is -2.58. The average Bonchev–Trinajstić information content (AvgIpc) is 3.12. The average molecular weight is 305 g/mol. The summed E-state index contributed by atoms with van der Waals surface area (Å²) < 4.78 is 0. The van der Waals surface area contributed by atoms with E-state index in [2.05, 4.69) is 12.2 Å². The molecule has 2 nitrogen and oxygen atoms in total. The molecule has 6 rings (SSSR count). The van der Waals surface area contributed by atoms with E-state index in [1.807, 2.05) is 0 Å². The lowest BCUT2D eigenvalue weighted by molar-refractivity contribution is -0.161. The molecule has 21 heavy (non-hydrogen) atoms. The highest BCUT2D eigenvalue weighted by molar-refractivity contribution is 6.21. The van der Waals surface area contributed by atoms with E-state index in [1.54, 1.807) is 0 Å². The van der Waals surface area contributed by atoms with Crippen molar-refractivity contribution in [1.29, 1.82) is 0 Å². The van der Waals surface area contributed by atoms with Crippen LogP contribution in [0.1, 0.15) is 25.7 Å². The smallest absolute Gasteiger partial charge is 0.140 e. The van der Waals surface area contributed by atoms with Gasteiger partial charge in [0.1, 0.15) is 5.78 Å². The second kappa shape index (κ2) is 3.43. The zero-order valence-electron chi connectivity index (χ0n) is 12.0.